The van der Waals surface area contributed by atoms with Crippen molar-refractivity contribution in [3.05, 3.63) is 59.7 Å². The number of sulfonamides is 1. The van der Waals surface area contributed by atoms with Gasteiger partial charge in [0, 0.05) is 37.3 Å². The largest absolute Gasteiger partial charge is 0.491 e. The Kier molecular flexibility index (Phi) is 8.71. The molecule has 7 heteroatoms. The van der Waals surface area contributed by atoms with Crippen LogP contribution in [0, 0.1) is 0 Å². The van der Waals surface area contributed by atoms with E-state index in [1.54, 1.807) is 18.2 Å². The van der Waals surface area contributed by atoms with Crippen LogP contribution in [0.25, 0.3) is 0 Å². The first-order chi connectivity index (χ1) is 15.4. The van der Waals surface area contributed by atoms with Gasteiger partial charge in [-0.2, -0.15) is 4.31 Å². The standard InChI is InChI=1S/C25H37N3O3S/c1-5-28(6-2)32(29,30)22-14-15-24(31-19(3)4)21(17-22)18-27-23-13-10-16-26-25(23)20-11-8-7-9-12-20/h7-9,11-12,14-15,17,19,23,25-27H,5-6,10,13,16,18H2,1-4H3/t23-,25-/m0/s1. The van der Waals surface area contributed by atoms with Gasteiger partial charge in [-0.1, -0.05) is 44.2 Å². The Labute approximate surface area is 193 Å². The number of rotatable bonds is 10. The van der Waals surface area contributed by atoms with E-state index in [9.17, 15) is 8.42 Å². The molecule has 2 aromatic rings. The molecule has 0 saturated carbocycles. The van der Waals surface area contributed by atoms with Gasteiger partial charge in [0.2, 0.25) is 10.0 Å². The van der Waals surface area contributed by atoms with Crippen molar-refractivity contribution in [1.82, 2.24) is 14.9 Å². The second-order valence-corrected chi connectivity index (χ2v) is 10.4. The zero-order valence-corrected chi connectivity index (χ0v) is 20.5. The molecule has 0 bridgehead atoms. The van der Waals surface area contributed by atoms with Crippen LogP contribution in [0.2, 0.25) is 0 Å². The van der Waals surface area contributed by atoms with E-state index in [-0.39, 0.29) is 18.2 Å². The average molecular weight is 460 g/mol. The third-order valence-corrected chi connectivity index (χ3v) is 7.96. The van der Waals surface area contributed by atoms with E-state index >= 15 is 0 Å². The summed E-state index contributed by atoms with van der Waals surface area (Å²) in [5.74, 6) is 0.728. The molecule has 3 rings (SSSR count). The van der Waals surface area contributed by atoms with Crippen molar-refractivity contribution in [1.29, 1.82) is 0 Å². The number of nitrogens with zero attached hydrogens (tertiary/aromatic N) is 1. The van der Waals surface area contributed by atoms with Crippen LogP contribution in [-0.4, -0.2) is 44.5 Å². The zero-order valence-electron chi connectivity index (χ0n) is 19.7. The molecule has 0 amide bonds. The lowest BCUT2D eigenvalue weighted by molar-refractivity contribution is 0.237. The highest BCUT2D eigenvalue weighted by atomic mass is 32.2. The van der Waals surface area contributed by atoms with Crippen LogP contribution in [0.1, 0.15) is 57.7 Å². The number of hydrogen-bond donors (Lipinski definition) is 2. The molecule has 1 aliphatic heterocycles. The highest BCUT2D eigenvalue weighted by Crippen LogP contribution is 2.28. The molecule has 0 unspecified atom stereocenters. The van der Waals surface area contributed by atoms with Gasteiger partial charge in [0.1, 0.15) is 5.75 Å². The molecule has 0 spiro atoms. The fourth-order valence-corrected chi connectivity index (χ4v) is 5.81. The Balaban J connectivity index is 1.86. The lowest BCUT2D eigenvalue weighted by Crippen LogP contribution is -2.45. The summed E-state index contributed by atoms with van der Waals surface area (Å²) in [5, 5.41) is 7.32. The highest BCUT2D eigenvalue weighted by molar-refractivity contribution is 7.89. The summed E-state index contributed by atoms with van der Waals surface area (Å²) in [6.07, 6.45) is 2.17. The Morgan fingerprint density at radius 2 is 1.84 bits per heavy atom. The zero-order chi connectivity index (χ0) is 23.1. The lowest BCUT2D eigenvalue weighted by atomic mass is 9.92. The highest BCUT2D eigenvalue weighted by Gasteiger charge is 2.27. The predicted molar refractivity (Wildman–Crippen MR) is 129 cm³/mol. The van der Waals surface area contributed by atoms with E-state index in [0.717, 1.165) is 30.7 Å². The predicted octanol–water partition coefficient (Wildman–Crippen LogP) is 4.09. The van der Waals surface area contributed by atoms with Crippen LogP contribution in [0.15, 0.2) is 53.4 Å². The molecule has 6 nitrogen and oxygen atoms in total. The SMILES string of the molecule is CCN(CC)S(=O)(=O)c1ccc(OC(C)C)c(CN[C@H]2CCCN[C@H]2c2ccccc2)c1. The van der Waals surface area contributed by atoms with Gasteiger partial charge < -0.3 is 15.4 Å². The van der Waals surface area contributed by atoms with Crippen LogP contribution in [0.3, 0.4) is 0 Å². The normalized spacial score (nSPS) is 19.4. The number of ether oxygens (including phenoxy) is 1. The van der Waals surface area contributed by atoms with Crippen molar-refractivity contribution in [2.24, 2.45) is 0 Å². The number of piperidine rings is 1. The first kappa shape index (κ1) is 24.7. The Bertz CT molecular complexity index is 960. The summed E-state index contributed by atoms with van der Waals surface area (Å²) < 4.78 is 33.7. The molecule has 0 aromatic heterocycles. The van der Waals surface area contributed by atoms with Gasteiger partial charge >= 0.3 is 0 Å². The molecule has 0 radical (unpaired) electrons. The van der Waals surface area contributed by atoms with Crippen molar-refractivity contribution < 1.29 is 13.2 Å². The van der Waals surface area contributed by atoms with Crippen LogP contribution < -0.4 is 15.4 Å². The van der Waals surface area contributed by atoms with Gasteiger partial charge in [-0.25, -0.2) is 8.42 Å². The molecule has 1 aliphatic rings. The Morgan fingerprint density at radius 1 is 1.12 bits per heavy atom. The van der Waals surface area contributed by atoms with Gasteiger partial charge in [-0.05, 0) is 57.0 Å². The monoisotopic (exact) mass is 459 g/mol. The molecule has 176 valence electrons. The van der Waals surface area contributed by atoms with E-state index in [1.165, 1.54) is 9.87 Å². The van der Waals surface area contributed by atoms with Gasteiger partial charge in [0.25, 0.3) is 0 Å². The van der Waals surface area contributed by atoms with Gasteiger partial charge in [-0.15, -0.1) is 0 Å². The summed E-state index contributed by atoms with van der Waals surface area (Å²) in [5.41, 5.74) is 2.13. The fraction of sp³-hybridized carbons (Fsp3) is 0.520. The second kappa shape index (κ2) is 11.3. The second-order valence-electron chi connectivity index (χ2n) is 8.50. The first-order valence-electron chi connectivity index (χ1n) is 11.7. The van der Waals surface area contributed by atoms with Crippen LogP contribution in [0.4, 0.5) is 0 Å². The van der Waals surface area contributed by atoms with Crippen molar-refractivity contribution in [3.63, 3.8) is 0 Å². The summed E-state index contributed by atoms with van der Waals surface area (Å²) in [6, 6.07) is 16.2. The van der Waals surface area contributed by atoms with Gasteiger partial charge in [0.05, 0.1) is 11.0 Å². The maximum atomic E-state index is 13.1. The van der Waals surface area contributed by atoms with E-state index < -0.39 is 10.0 Å². The lowest BCUT2D eigenvalue weighted by Gasteiger charge is -2.34. The summed E-state index contributed by atoms with van der Waals surface area (Å²) in [7, 11) is -3.53. The third-order valence-electron chi connectivity index (χ3n) is 5.91. The van der Waals surface area contributed by atoms with Crippen molar-refractivity contribution >= 4 is 10.0 Å². The van der Waals surface area contributed by atoms with Crippen LogP contribution in [0.5, 0.6) is 5.75 Å². The van der Waals surface area contributed by atoms with Crippen molar-refractivity contribution in [2.75, 3.05) is 19.6 Å². The molecule has 0 aliphatic carbocycles. The topological polar surface area (TPSA) is 70.7 Å². The average Bonchev–Trinajstić information content (AvgIpc) is 2.79. The fourth-order valence-electron chi connectivity index (χ4n) is 4.30. The molecular formula is C25H37N3O3S. The molecule has 1 heterocycles. The molecule has 1 saturated heterocycles. The number of hydrogen-bond acceptors (Lipinski definition) is 5. The quantitative estimate of drug-likeness (QED) is 0.560. The maximum Gasteiger partial charge on any atom is 0.243 e. The minimum atomic E-state index is -3.53. The van der Waals surface area contributed by atoms with Gasteiger partial charge in [-0.3, -0.25) is 0 Å². The molecule has 2 atom stereocenters. The van der Waals surface area contributed by atoms with E-state index in [4.69, 9.17) is 4.74 Å². The molecule has 1 fully saturated rings. The molecule has 32 heavy (non-hydrogen) atoms. The number of benzene rings is 2. The molecular weight excluding hydrogens is 422 g/mol. The Morgan fingerprint density at radius 3 is 2.50 bits per heavy atom. The summed E-state index contributed by atoms with van der Waals surface area (Å²) >= 11 is 0. The van der Waals surface area contributed by atoms with Gasteiger partial charge in [0.15, 0.2) is 0 Å². The summed E-state index contributed by atoms with van der Waals surface area (Å²) in [6.45, 7) is 10.1. The maximum absolute atomic E-state index is 13.1. The van der Waals surface area contributed by atoms with Crippen molar-refractivity contribution in [3.8, 4) is 5.75 Å². The molecule has 2 aromatic carbocycles. The molecule has 2 N–H and O–H groups in total. The van der Waals surface area contributed by atoms with Crippen LogP contribution in [-0.2, 0) is 16.6 Å². The van der Waals surface area contributed by atoms with E-state index in [1.807, 2.05) is 33.8 Å². The first-order valence-corrected chi connectivity index (χ1v) is 13.1. The van der Waals surface area contributed by atoms with Crippen LogP contribution >= 0.6 is 0 Å². The third kappa shape index (κ3) is 5.90. The Hall–Kier alpha value is -1.93. The summed E-state index contributed by atoms with van der Waals surface area (Å²) in [4.78, 5) is 0.315. The number of nitrogens with one attached hydrogen (secondary N) is 2. The minimum absolute atomic E-state index is 0.00686. The minimum Gasteiger partial charge on any atom is -0.491 e. The van der Waals surface area contributed by atoms with E-state index in [2.05, 4.69) is 34.9 Å². The smallest absolute Gasteiger partial charge is 0.243 e. The van der Waals surface area contributed by atoms with E-state index in [0.29, 0.717) is 24.5 Å². The van der Waals surface area contributed by atoms with Crippen molar-refractivity contribution in [2.45, 2.75) is 70.2 Å².